The summed E-state index contributed by atoms with van der Waals surface area (Å²) >= 11 is 3.49. The third-order valence-corrected chi connectivity index (χ3v) is 6.02. The molecule has 7 heteroatoms. The van der Waals surface area contributed by atoms with Gasteiger partial charge in [0.2, 0.25) is 10.0 Å². The first-order valence-corrected chi connectivity index (χ1v) is 10.6. The van der Waals surface area contributed by atoms with Gasteiger partial charge in [-0.15, -0.1) is 0 Å². The maximum absolute atomic E-state index is 12.3. The lowest BCUT2D eigenvalue weighted by molar-refractivity contribution is 0.405. The smallest absolute Gasteiger partial charge is 0.213 e. The fraction of sp³-hybridized carbons (Fsp3) is 0.333. The highest BCUT2D eigenvalue weighted by molar-refractivity contribution is 9.10. The van der Waals surface area contributed by atoms with Gasteiger partial charge in [-0.25, -0.2) is 8.42 Å². The SMILES string of the molecule is COc1ccc(CN(CN2CCc3cc(Br)ccc32)S(C)(=O)=O)cc1. The zero-order chi connectivity index (χ0) is 18.0. The van der Waals surface area contributed by atoms with Gasteiger partial charge < -0.3 is 9.64 Å². The Labute approximate surface area is 157 Å². The van der Waals surface area contributed by atoms with E-state index in [2.05, 4.69) is 26.9 Å². The first kappa shape index (κ1) is 18.2. The zero-order valence-electron chi connectivity index (χ0n) is 14.3. The number of nitrogens with zero attached hydrogens (tertiary/aromatic N) is 2. The van der Waals surface area contributed by atoms with Crippen molar-refractivity contribution >= 4 is 31.6 Å². The number of fused-ring (bicyclic) bond motifs is 1. The number of methoxy groups -OCH3 is 1. The molecule has 0 fully saturated rings. The molecule has 0 aromatic heterocycles. The molecule has 0 atom stereocenters. The molecule has 0 unspecified atom stereocenters. The molecule has 2 aromatic rings. The third kappa shape index (κ3) is 4.34. The maximum Gasteiger partial charge on any atom is 0.213 e. The lowest BCUT2D eigenvalue weighted by Crippen LogP contribution is -2.40. The van der Waals surface area contributed by atoms with E-state index in [1.165, 1.54) is 16.1 Å². The molecule has 0 aliphatic carbocycles. The predicted molar refractivity (Wildman–Crippen MR) is 103 cm³/mol. The summed E-state index contributed by atoms with van der Waals surface area (Å²) in [4.78, 5) is 2.12. The van der Waals surface area contributed by atoms with E-state index in [4.69, 9.17) is 4.74 Å². The van der Waals surface area contributed by atoms with E-state index in [1.807, 2.05) is 36.4 Å². The number of hydrogen-bond donors (Lipinski definition) is 0. The zero-order valence-corrected chi connectivity index (χ0v) is 16.7. The number of halogens is 1. The van der Waals surface area contributed by atoms with Gasteiger partial charge in [-0.3, -0.25) is 0 Å². The first-order valence-electron chi connectivity index (χ1n) is 7.98. The number of ether oxygens (including phenoxy) is 1. The van der Waals surface area contributed by atoms with Crippen LogP contribution in [0, 0.1) is 0 Å². The van der Waals surface area contributed by atoms with E-state index in [-0.39, 0.29) is 0 Å². The van der Waals surface area contributed by atoms with E-state index < -0.39 is 10.0 Å². The molecule has 0 N–H and O–H groups in total. The highest BCUT2D eigenvalue weighted by atomic mass is 79.9. The van der Waals surface area contributed by atoms with Crippen molar-refractivity contribution in [3.05, 3.63) is 58.1 Å². The Kier molecular flexibility index (Phi) is 5.36. The van der Waals surface area contributed by atoms with Crippen molar-refractivity contribution in [2.45, 2.75) is 13.0 Å². The topological polar surface area (TPSA) is 49.9 Å². The molecule has 5 nitrogen and oxygen atoms in total. The van der Waals surface area contributed by atoms with Crippen LogP contribution < -0.4 is 9.64 Å². The van der Waals surface area contributed by atoms with Gasteiger partial charge in [-0.2, -0.15) is 4.31 Å². The number of benzene rings is 2. The second-order valence-corrected chi connectivity index (χ2v) is 9.05. The van der Waals surface area contributed by atoms with Crippen LogP contribution in [0.5, 0.6) is 5.75 Å². The molecule has 3 rings (SSSR count). The molecule has 0 bridgehead atoms. The Morgan fingerprint density at radius 1 is 1.20 bits per heavy atom. The average Bonchev–Trinajstić information content (AvgIpc) is 2.96. The molecule has 25 heavy (non-hydrogen) atoms. The van der Waals surface area contributed by atoms with E-state index in [9.17, 15) is 8.42 Å². The van der Waals surface area contributed by atoms with Crippen LogP contribution in [-0.4, -0.2) is 39.3 Å². The summed E-state index contributed by atoms with van der Waals surface area (Å²) in [5.41, 5.74) is 3.28. The molecule has 134 valence electrons. The first-order chi connectivity index (χ1) is 11.9. The van der Waals surface area contributed by atoms with Crippen LogP contribution in [0.1, 0.15) is 11.1 Å². The molecule has 0 amide bonds. The lowest BCUT2D eigenvalue weighted by atomic mass is 10.2. The molecule has 0 saturated heterocycles. The normalized spacial score (nSPS) is 14.0. The quantitative estimate of drug-likeness (QED) is 0.713. The number of sulfonamides is 1. The molecule has 1 heterocycles. The summed E-state index contributed by atoms with van der Waals surface area (Å²) in [6, 6.07) is 13.6. The van der Waals surface area contributed by atoms with Crippen LogP contribution >= 0.6 is 15.9 Å². The molecule has 0 spiro atoms. The molecule has 1 aliphatic heterocycles. The summed E-state index contributed by atoms with van der Waals surface area (Å²) in [7, 11) is -1.71. The van der Waals surface area contributed by atoms with Crippen LogP contribution in [-0.2, 0) is 23.0 Å². The van der Waals surface area contributed by atoms with Crippen molar-refractivity contribution in [3.63, 3.8) is 0 Å². The van der Waals surface area contributed by atoms with Gasteiger partial charge in [-0.05, 0) is 47.9 Å². The van der Waals surface area contributed by atoms with Crippen molar-refractivity contribution in [2.24, 2.45) is 0 Å². The Hall–Kier alpha value is -1.57. The second kappa shape index (κ2) is 7.35. The van der Waals surface area contributed by atoms with Crippen molar-refractivity contribution < 1.29 is 13.2 Å². The Balaban J connectivity index is 1.79. The van der Waals surface area contributed by atoms with Gasteiger partial charge in [0.1, 0.15) is 5.75 Å². The molecular formula is C18H21BrN2O3S. The molecule has 1 aliphatic rings. The van der Waals surface area contributed by atoms with Crippen molar-refractivity contribution in [3.8, 4) is 5.75 Å². The standard InChI is InChI=1S/C18H21BrN2O3S/c1-24-17-6-3-14(4-7-17)12-21(25(2,22)23)13-20-10-9-15-11-16(19)5-8-18(15)20/h3-8,11H,9-10,12-13H2,1-2H3. The van der Waals surface area contributed by atoms with Gasteiger partial charge in [-0.1, -0.05) is 28.1 Å². The summed E-state index contributed by atoms with van der Waals surface area (Å²) in [6.07, 6.45) is 2.18. The number of hydrogen-bond acceptors (Lipinski definition) is 4. The van der Waals surface area contributed by atoms with Crippen LogP contribution in [0.2, 0.25) is 0 Å². The third-order valence-electron chi connectivity index (χ3n) is 4.35. The van der Waals surface area contributed by atoms with Gasteiger partial charge >= 0.3 is 0 Å². The molecule has 0 saturated carbocycles. The summed E-state index contributed by atoms with van der Waals surface area (Å²) in [6.45, 7) is 1.51. The summed E-state index contributed by atoms with van der Waals surface area (Å²) in [5, 5.41) is 0. The minimum absolute atomic E-state index is 0.338. The van der Waals surface area contributed by atoms with Gasteiger partial charge in [0.15, 0.2) is 0 Å². The predicted octanol–water partition coefficient (Wildman–Crippen LogP) is 3.24. The summed E-state index contributed by atoms with van der Waals surface area (Å²) in [5.74, 6) is 0.758. The van der Waals surface area contributed by atoms with Crippen molar-refractivity contribution in [1.82, 2.24) is 4.31 Å². The fourth-order valence-corrected chi connectivity index (χ4v) is 4.12. The monoisotopic (exact) mass is 424 g/mol. The van der Waals surface area contributed by atoms with Crippen LogP contribution in [0.4, 0.5) is 5.69 Å². The summed E-state index contributed by atoms with van der Waals surface area (Å²) < 4.78 is 32.3. The van der Waals surface area contributed by atoms with E-state index in [1.54, 1.807) is 7.11 Å². The van der Waals surface area contributed by atoms with Crippen molar-refractivity contribution in [1.29, 1.82) is 0 Å². The van der Waals surface area contributed by atoms with E-state index >= 15 is 0 Å². The molecular weight excluding hydrogens is 404 g/mol. The van der Waals surface area contributed by atoms with Gasteiger partial charge in [0.05, 0.1) is 20.0 Å². The van der Waals surface area contributed by atoms with Crippen LogP contribution in [0.3, 0.4) is 0 Å². The van der Waals surface area contributed by atoms with Gasteiger partial charge in [0.25, 0.3) is 0 Å². The molecule has 0 radical (unpaired) electrons. The second-order valence-electron chi connectivity index (χ2n) is 6.15. The van der Waals surface area contributed by atoms with E-state index in [0.717, 1.165) is 34.4 Å². The Bertz CT molecular complexity index is 853. The van der Waals surface area contributed by atoms with Crippen LogP contribution in [0.15, 0.2) is 46.9 Å². The lowest BCUT2D eigenvalue weighted by Gasteiger charge is -2.28. The molecule has 2 aromatic carbocycles. The highest BCUT2D eigenvalue weighted by Gasteiger charge is 2.25. The maximum atomic E-state index is 12.3. The van der Waals surface area contributed by atoms with E-state index in [0.29, 0.717) is 13.2 Å². The minimum Gasteiger partial charge on any atom is -0.497 e. The Morgan fingerprint density at radius 2 is 1.92 bits per heavy atom. The highest BCUT2D eigenvalue weighted by Crippen LogP contribution is 2.31. The van der Waals surface area contributed by atoms with Crippen LogP contribution in [0.25, 0.3) is 0 Å². The minimum atomic E-state index is -3.33. The Morgan fingerprint density at radius 3 is 2.56 bits per heavy atom. The average molecular weight is 425 g/mol. The number of anilines is 1. The number of rotatable bonds is 6. The van der Waals surface area contributed by atoms with Crippen molar-refractivity contribution in [2.75, 3.05) is 31.5 Å². The fourth-order valence-electron chi connectivity index (χ4n) is 2.98. The van der Waals surface area contributed by atoms with Gasteiger partial charge in [0, 0.05) is 23.2 Å². The largest absolute Gasteiger partial charge is 0.497 e.